The Balaban J connectivity index is 1.62. The molecule has 29 heavy (non-hydrogen) atoms. The summed E-state index contributed by atoms with van der Waals surface area (Å²) in [6, 6.07) is 0. The first-order valence-electron chi connectivity index (χ1n) is 9.87. The number of imidazole rings is 1. The molecule has 0 spiro atoms. The van der Waals surface area contributed by atoms with Crippen molar-refractivity contribution < 1.29 is 28.3 Å². The largest absolute Gasteiger partial charge is 0.472 e. The summed E-state index contributed by atoms with van der Waals surface area (Å²) in [6.07, 6.45) is 2.66. The molecule has 2 fully saturated rings. The fourth-order valence-corrected chi connectivity index (χ4v) is 4.75. The van der Waals surface area contributed by atoms with Crippen LogP contribution in [0.2, 0.25) is 0 Å². The van der Waals surface area contributed by atoms with E-state index in [2.05, 4.69) is 33.7 Å². The summed E-state index contributed by atoms with van der Waals surface area (Å²) in [5.74, 6) is 0.733. The first kappa shape index (κ1) is 20.6. The number of aliphatic hydroxyl groups is 1. The van der Waals surface area contributed by atoms with Gasteiger partial charge in [0.1, 0.15) is 24.6 Å². The minimum atomic E-state index is -4.18. The van der Waals surface area contributed by atoms with E-state index in [4.69, 9.17) is 13.8 Å². The monoisotopic (exact) mass is 427 g/mol. The van der Waals surface area contributed by atoms with Gasteiger partial charge in [-0.3, -0.25) is 13.6 Å². The Bertz CT molecular complexity index is 910. The number of hydrogen-bond acceptors (Lipinski definition) is 9. The predicted octanol–water partition coefficient (Wildman–Crippen LogP) is 1.62. The summed E-state index contributed by atoms with van der Waals surface area (Å²) < 4.78 is 29.0. The van der Waals surface area contributed by atoms with Gasteiger partial charge in [0.15, 0.2) is 23.2 Å². The minimum absolute atomic E-state index is 0.139. The number of nitrogens with zero attached hydrogens (tertiary/aromatic N) is 5. The van der Waals surface area contributed by atoms with Crippen LogP contribution in [0.3, 0.4) is 0 Å². The normalized spacial score (nSPS) is 31.9. The molecule has 4 rings (SSSR count). The number of phosphoric ester groups is 1. The Labute approximate surface area is 168 Å². The van der Waals surface area contributed by atoms with Crippen LogP contribution in [0, 0.1) is 0 Å². The zero-order valence-electron chi connectivity index (χ0n) is 16.4. The fraction of sp³-hybridized carbons (Fsp3) is 0.706. The minimum Gasteiger partial charge on any atom is -0.386 e. The van der Waals surface area contributed by atoms with Gasteiger partial charge < -0.3 is 19.6 Å². The highest BCUT2D eigenvalue weighted by molar-refractivity contribution is 7.47. The molecule has 2 aromatic heterocycles. The van der Waals surface area contributed by atoms with Crippen LogP contribution in [0.4, 0.5) is 5.82 Å². The predicted molar refractivity (Wildman–Crippen MR) is 103 cm³/mol. The molecule has 2 aliphatic rings. The Kier molecular flexibility index (Phi) is 5.87. The highest BCUT2D eigenvalue weighted by Crippen LogP contribution is 2.52. The molecule has 0 saturated carbocycles. The number of unbranched alkanes of at least 4 members (excludes halogenated alkanes) is 2. The molecular weight excluding hydrogens is 401 g/mol. The summed E-state index contributed by atoms with van der Waals surface area (Å²) in [4.78, 5) is 24.9. The molecule has 0 amide bonds. The van der Waals surface area contributed by atoms with Gasteiger partial charge in [-0.2, -0.15) is 0 Å². The molecule has 0 radical (unpaired) electrons. The highest BCUT2D eigenvalue weighted by atomic mass is 31.2. The third-order valence-corrected chi connectivity index (χ3v) is 6.28. The lowest BCUT2D eigenvalue weighted by Gasteiger charge is -2.27. The average molecular weight is 427 g/mol. The molecule has 1 unspecified atom stereocenters. The molecule has 11 nitrogen and oxygen atoms in total. The van der Waals surface area contributed by atoms with E-state index in [0.717, 1.165) is 38.2 Å². The van der Waals surface area contributed by atoms with Gasteiger partial charge in [0, 0.05) is 13.1 Å². The third-order valence-electron chi connectivity index (χ3n) is 5.29. The first-order chi connectivity index (χ1) is 13.9. The van der Waals surface area contributed by atoms with E-state index in [1.54, 1.807) is 4.57 Å². The Morgan fingerprint density at radius 1 is 1.31 bits per heavy atom. The molecule has 2 N–H and O–H groups in total. The molecular formula is C17H26N5O6P. The Morgan fingerprint density at radius 2 is 2.14 bits per heavy atom. The van der Waals surface area contributed by atoms with Crippen LogP contribution < -0.4 is 4.90 Å². The van der Waals surface area contributed by atoms with Crippen LogP contribution >= 0.6 is 7.82 Å². The maximum atomic E-state index is 11.7. The second-order valence-electron chi connectivity index (χ2n) is 7.20. The van der Waals surface area contributed by atoms with Crippen molar-refractivity contribution >= 4 is 24.8 Å². The number of rotatable bonds is 7. The van der Waals surface area contributed by atoms with Gasteiger partial charge in [-0.05, 0) is 13.3 Å². The van der Waals surface area contributed by atoms with Crippen molar-refractivity contribution in [3.05, 3.63) is 12.7 Å². The van der Waals surface area contributed by atoms with Gasteiger partial charge in [-0.1, -0.05) is 19.8 Å². The number of aromatic nitrogens is 4. The van der Waals surface area contributed by atoms with Gasteiger partial charge >= 0.3 is 7.82 Å². The summed E-state index contributed by atoms with van der Waals surface area (Å²) in [5, 5.41) is 10.7. The van der Waals surface area contributed by atoms with Crippen molar-refractivity contribution in [2.45, 2.75) is 57.6 Å². The Morgan fingerprint density at radius 3 is 2.90 bits per heavy atom. The van der Waals surface area contributed by atoms with Gasteiger partial charge in [0.2, 0.25) is 0 Å². The highest BCUT2D eigenvalue weighted by Gasteiger charge is 2.52. The molecule has 0 aliphatic carbocycles. The molecule has 2 saturated heterocycles. The van der Waals surface area contributed by atoms with Gasteiger partial charge in [0.25, 0.3) is 0 Å². The molecule has 12 heteroatoms. The summed E-state index contributed by atoms with van der Waals surface area (Å²) >= 11 is 0. The van der Waals surface area contributed by atoms with E-state index in [1.165, 1.54) is 12.7 Å². The van der Waals surface area contributed by atoms with E-state index in [0.29, 0.717) is 11.2 Å². The van der Waals surface area contributed by atoms with E-state index in [1.807, 2.05) is 0 Å². The van der Waals surface area contributed by atoms with Crippen LogP contribution in [0.1, 0.15) is 39.3 Å². The van der Waals surface area contributed by atoms with Crippen LogP contribution in [0.25, 0.3) is 11.2 Å². The van der Waals surface area contributed by atoms with Crippen LogP contribution in [0.5, 0.6) is 0 Å². The Hall–Kier alpha value is -1.62. The average Bonchev–Trinajstić information content (AvgIpc) is 3.26. The third kappa shape index (κ3) is 3.90. The fourth-order valence-electron chi connectivity index (χ4n) is 3.79. The number of ether oxygens (including phenoxy) is 1. The zero-order valence-corrected chi connectivity index (χ0v) is 17.3. The van der Waals surface area contributed by atoms with Crippen molar-refractivity contribution in [2.24, 2.45) is 0 Å². The van der Waals surface area contributed by atoms with E-state index < -0.39 is 32.4 Å². The quantitative estimate of drug-likeness (QED) is 0.496. The second-order valence-corrected chi connectivity index (χ2v) is 8.60. The molecule has 160 valence electrons. The van der Waals surface area contributed by atoms with Crippen LogP contribution in [-0.4, -0.2) is 67.5 Å². The zero-order chi connectivity index (χ0) is 20.6. The van der Waals surface area contributed by atoms with E-state index in [9.17, 15) is 14.6 Å². The number of hydrogen-bond donors (Lipinski definition) is 2. The summed E-state index contributed by atoms with van der Waals surface area (Å²) in [6.45, 7) is 5.74. The molecule has 0 aromatic carbocycles. The molecule has 0 bridgehead atoms. The molecule has 4 heterocycles. The molecule has 2 aromatic rings. The lowest BCUT2D eigenvalue weighted by Crippen LogP contribution is -2.39. The molecule has 5 atom stereocenters. The van der Waals surface area contributed by atoms with E-state index in [-0.39, 0.29) is 6.61 Å². The smallest absolute Gasteiger partial charge is 0.386 e. The van der Waals surface area contributed by atoms with Crippen LogP contribution in [0.15, 0.2) is 12.7 Å². The van der Waals surface area contributed by atoms with Crippen molar-refractivity contribution in [1.82, 2.24) is 19.5 Å². The SMILES string of the molecule is CCCCCN(CC)c1ncnc2c1ncn2[C@@H]1O[C@@H]2COP(=O)(O)O[C@H]2[C@H]1O. The summed E-state index contributed by atoms with van der Waals surface area (Å²) in [7, 11) is -4.18. The number of fused-ring (bicyclic) bond motifs is 2. The van der Waals surface area contributed by atoms with Crippen LogP contribution in [-0.2, 0) is 18.3 Å². The lowest BCUT2D eigenvalue weighted by molar-refractivity contribution is -0.0664. The number of aliphatic hydroxyl groups excluding tert-OH is 1. The maximum Gasteiger partial charge on any atom is 0.472 e. The second kappa shape index (κ2) is 8.25. The van der Waals surface area contributed by atoms with Gasteiger partial charge in [0.05, 0.1) is 12.9 Å². The van der Waals surface area contributed by atoms with Crippen molar-refractivity contribution in [3.63, 3.8) is 0 Å². The van der Waals surface area contributed by atoms with Crippen molar-refractivity contribution in [3.8, 4) is 0 Å². The first-order valence-corrected chi connectivity index (χ1v) is 11.4. The van der Waals surface area contributed by atoms with Crippen molar-refractivity contribution in [2.75, 3.05) is 24.6 Å². The number of anilines is 1. The lowest BCUT2D eigenvalue weighted by atomic mass is 10.1. The topological polar surface area (TPSA) is 132 Å². The standard InChI is InChI=1S/C17H26N5O6P/c1-3-5-6-7-21(4-2)15-12-16(19-9-18-15)22(10-20-12)17-13(23)14-11(27-17)8-26-29(24,25)28-14/h9-11,13-14,17,23H,3-8H2,1-2H3,(H,24,25)/t11-,13-,14-,17-/m1/s1. The number of phosphoric acid groups is 1. The van der Waals surface area contributed by atoms with Crippen molar-refractivity contribution in [1.29, 1.82) is 0 Å². The van der Waals surface area contributed by atoms with Gasteiger partial charge in [-0.25, -0.2) is 19.5 Å². The van der Waals surface area contributed by atoms with Gasteiger partial charge in [-0.15, -0.1) is 0 Å². The molecule has 2 aliphatic heterocycles. The van der Waals surface area contributed by atoms with E-state index >= 15 is 0 Å². The maximum absolute atomic E-state index is 11.7. The summed E-state index contributed by atoms with van der Waals surface area (Å²) in [5.41, 5.74) is 1.13.